The number of hydrogen-bond acceptors (Lipinski definition) is 4. The number of ether oxygens (including phenoxy) is 2. The van der Waals surface area contributed by atoms with Gasteiger partial charge in [-0.15, -0.1) is 0 Å². The monoisotopic (exact) mass is 519 g/mol. The van der Waals surface area contributed by atoms with E-state index in [1.54, 1.807) is 33.8 Å². The molecule has 1 aliphatic rings. The molecule has 1 fully saturated rings. The zero-order valence-corrected chi connectivity index (χ0v) is 21.2. The lowest BCUT2D eigenvalue weighted by Crippen LogP contribution is -2.37. The molecular weight excluding hydrogens is 493 g/mol. The predicted octanol–water partition coefficient (Wildman–Crippen LogP) is 6.59. The van der Waals surface area contributed by atoms with Crippen LogP contribution in [-0.4, -0.2) is 39.8 Å². The van der Waals surface area contributed by atoms with Crippen molar-refractivity contribution in [3.05, 3.63) is 107 Å². The largest absolute Gasteiger partial charge is 0.439 e. The molecule has 1 saturated heterocycles. The summed E-state index contributed by atoms with van der Waals surface area (Å²) in [4.78, 5) is 15.3. The molecule has 0 aliphatic carbocycles. The number of aromatic nitrogens is 2. The van der Waals surface area contributed by atoms with Crippen molar-refractivity contribution in [2.24, 2.45) is 0 Å². The maximum Gasteiger partial charge on any atom is 0.254 e. The molecule has 0 bridgehead atoms. The number of aryl methyl sites for hydroxylation is 1. The van der Waals surface area contributed by atoms with Crippen LogP contribution in [-0.2, 0) is 11.3 Å². The second-order valence-corrected chi connectivity index (χ2v) is 9.44. The van der Waals surface area contributed by atoms with E-state index in [9.17, 15) is 9.18 Å². The van der Waals surface area contributed by atoms with E-state index in [1.807, 2.05) is 37.3 Å². The summed E-state index contributed by atoms with van der Waals surface area (Å²) >= 11 is 6.08. The Hall–Kier alpha value is -3.68. The van der Waals surface area contributed by atoms with Gasteiger partial charge in [0.25, 0.3) is 5.91 Å². The van der Waals surface area contributed by atoms with E-state index in [1.165, 1.54) is 24.3 Å². The van der Waals surface area contributed by atoms with E-state index in [2.05, 4.69) is 0 Å². The van der Waals surface area contributed by atoms with Crippen molar-refractivity contribution in [3.8, 4) is 17.3 Å². The second-order valence-electron chi connectivity index (χ2n) is 9.00. The van der Waals surface area contributed by atoms with Crippen LogP contribution < -0.4 is 4.74 Å². The molecule has 5 rings (SSSR count). The van der Waals surface area contributed by atoms with E-state index < -0.39 is 0 Å². The molecule has 190 valence electrons. The fourth-order valence-electron chi connectivity index (χ4n) is 4.40. The third kappa shape index (κ3) is 5.84. The summed E-state index contributed by atoms with van der Waals surface area (Å²) in [6.07, 6.45) is 1.78. The molecule has 1 aromatic heterocycles. The van der Waals surface area contributed by atoms with Crippen LogP contribution in [0.4, 0.5) is 4.39 Å². The average Bonchev–Trinajstić information content (AvgIpc) is 3.54. The molecule has 8 heteroatoms. The summed E-state index contributed by atoms with van der Waals surface area (Å²) in [5, 5.41) is 5.37. The van der Waals surface area contributed by atoms with Gasteiger partial charge in [0, 0.05) is 23.7 Å². The molecule has 1 amide bonds. The van der Waals surface area contributed by atoms with E-state index >= 15 is 0 Å². The predicted molar refractivity (Wildman–Crippen MR) is 140 cm³/mol. The van der Waals surface area contributed by atoms with Crippen LogP contribution in [0.5, 0.6) is 11.6 Å². The van der Waals surface area contributed by atoms with Gasteiger partial charge in [-0.25, -0.2) is 9.07 Å². The first kappa shape index (κ1) is 25.0. The molecule has 0 spiro atoms. The van der Waals surface area contributed by atoms with Crippen LogP contribution in [0.15, 0.2) is 78.9 Å². The number of carbonyl (C=O) groups excluding carboxylic acids is 1. The minimum absolute atomic E-state index is 0.0606. The summed E-state index contributed by atoms with van der Waals surface area (Å²) < 4.78 is 27.5. The fourth-order valence-corrected chi connectivity index (χ4v) is 4.53. The van der Waals surface area contributed by atoms with Crippen molar-refractivity contribution < 1.29 is 18.7 Å². The Balaban J connectivity index is 1.54. The molecule has 1 atom stereocenters. The number of rotatable bonds is 8. The number of amides is 1. The van der Waals surface area contributed by atoms with Gasteiger partial charge in [0.1, 0.15) is 11.6 Å². The maximum absolute atomic E-state index is 13.6. The Bertz CT molecular complexity index is 1350. The number of hydrogen-bond donors (Lipinski definition) is 0. The van der Waals surface area contributed by atoms with Gasteiger partial charge in [0.15, 0.2) is 0 Å². The lowest BCUT2D eigenvalue weighted by Gasteiger charge is -2.26. The number of benzene rings is 3. The molecular formula is C29H27ClFN3O3. The Morgan fingerprint density at radius 2 is 1.84 bits per heavy atom. The number of carbonyl (C=O) groups is 1. The van der Waals surface area contributed by atoms with Crippen LogP contribution in [0.2, 0.25) is 5.02 Å². The van der Waals surface area contributed by atoms with E-state index in [4.69, 9.17) is 26.2 Å². The lowest BCUT2D eigenvalue weighted by molar-refractivity contribution is 0.0505. The molecule has 37 heavy (non-hydrogen) atoms. The summed E-state index contributed by atoms with van der Waals surface area (Å²) in [5.74, 6) is 0.509. The number of para-hydroxylation sites is 1. The van der Waals surface area contributed by atoms with Gasteiger partial charge in [-0.1, -0.05) is 29.8 Å². The topological polar surface area (TPSA) is 56.6 Å². The molecule has 0 unspecified atom stereocenters. The first-order valence-electron chi connectivity index (χ1n) is 12.2. The van der Waals surface area contributed by atoms with Gasteiger partial charge in [-0.3, -0.25) is 4.79 Å². The molecule has 3 aromatic carbocycles. The molecule has 2 heterocycles. The zero-order chi connectivity index (χ0) is 25.8. The van der Waals surface area contributed by atoms with E-state index in [-0.39, 0.29) is 24.4 Å². The van der Waals surface area contributed by atoms with Crippen molar-refractivity contribution >= 4 is 17.5 Å². The highest BCUT2D eigenvalue weighted by Gasteiger charge is 2.28. The SMILES string of the molecule is Cc1nn(-c2ccccc2)c(Oc2ccc(Cl)cc2)c1CN(C[C@H]1CCCO1)C(=O)c1ccc(F)cc1. The standard InChI is InChI=1S/C29H27ClFN3O3/c1-20-27(19-33(18-26-8-5-17-36-26)28(35)21-9-13-23(31)14-10-21)29(37-25-15-11-22(30)12-16-25)34(32-20)24-6-3-2-4-7-24/h2-4,6-7,9-16,26H,5,8,17-19H2,1H3/t26-/m1/s1. The molecule has 0 radical (unpaired) electrons. The second kappa shape index (κ2) is 11.2. The van der Waals surface area contributed by atoms with Gasteiger partial charge in [0.05, 0.1) is 29.6 Å². The van der Waals surface area contributed by atoms with Crippen molar-refractivity contribution in [1.29, 1.82) is 0 Å². The van der Waals surface area contributed by atoms with Crippen LogP contribution in [0.25, 0.3) is 5.69 Å². The fraction of sp³-hybridized carbons (Fsp3) is 0.241. The summed E-state index contributed by atoms with van der Waals surface area (Å²) in [7, 11) is 0. The quantitative estimate of drug-likeness (QED) is 0.263. The molecule has 0 saturated carbocycles. The maximum atomic E-state index is 13.6. The lowest BCUT2D eigenvalue weighted by atomic mass is 10.1. The molecule has 1 aliphatic heterocycles. The number of halogens is 2. The van der Waals surface area contributed by atoms with Gasteiger partial charge in [-0.2, -0.15) is 5.10 Å². The highest BCUT2D eigenvalue weighted by Crippen LogP contribution is 2.33. The Morgan fingerprint density at radius 3 is 2.51 bits per heavy atom. The minimum Gasteiger partial charge on any atom is -0.439 e. The Kier molecular flexibility index (Phi) is 7.53. The van der Waals surface area contributed by atoms with Crippen molar-refractivity contribution in [2.45, 2.75) is 32.4 Å². The third-order valence-corrected chi connectivity index (χ3v) is 6.59. The smallest absolute Gasteiger partial charge is 0.254 e. The molecule has 0 N–H and O–H groups in total. The summed E-state index contributed by atoms with van der Waals surface area (Å²) in [5.41, 5.74) is 2.74. The minimum atomic E-state index is -0.388. The Morgan fingerprint density at radius 1 is 1.11 bits per heavy atom. The van der Waals surface area contributed by atoms with Crippen molar-refractivity contribution in [1.82, 2.24) is 14.7 Å². The van der Waals surface area contributed by atoms with Gasteiger partial charge >= 0.3 is 0 Å². The number of nitrogens with zero attached hydrogens (tertiary/aromatic N) is 3. The highest BCUT2D eigenvalue weighted by atomic mass is 35.5. The van der Waals surface area contributed by atoms with Gasteiger partial charge in [0.2, 0.25) is 5.88 Å². The van der Waals surface area contributed by atoms with Crippen molar-refractivity contribution in [2.75, 3.05) is 13.2 Å². The van der Waals surface area contributed by atoms with Crippen LogP contribution in [0.1, 0.15) is 34.5 Å². The third-order valence-electron chi connectivity index (χ3n) is 6.34. The summed E-state index contributed by atoms with van der Waals surface area (Å²) in [6, 6.07) is 22.4. The van der Waals surface area contributed by atoms with Crippen LogP contribution >= 0.6 is 11.6 Å². The van der Waals surface area contributed by atoms with Gasteiger partial charge in [-0.05, 0) is 80.4 Å². The average molecular weight is 520 g/mol. The first-order chi connectivity index (χ1) is 18.0. The van der Waals surface area contributed by atoms with E-state index in [0.29, 0.717) is 35.4 Å². The van der Waals surface area contributed by atoms with Crippen LogP contribution in [0.3, 0.4) is 0 Å². The molecule has 4 aromatic rings. The summed E-state index contributed by atoms with van der Waals surface area (Å²) in [6.45, 7) is 3.24. The first-order valence-corrected chi connectivity index (χ1v) is 12.6. The Labute approximate surface area is 220 Å². The normalized spacial score (nSPS) is 15.1. The van der Waals surface area contributed by atoms with Crippen molar-refractivity contribution in [3.63, 3.8) is 0 Å². The molecule has 6 nitrogen and oxygen atoms in total. The zero-order valence-electron chi connectivity index (χ0n) is 20.4. The van der Waals surface area contributed by atoms with E-state index in [0.717, 1.165) is 29.8 Å². The highest BCUT2D eigenvalue weighted by molar-refractivity contribution is 6.30. The van der Waals surface area contributed by atoms with Crippen LogP contribution in [0, 0.1) is 12.7 Å². The van der Waals surface area contributed by atoms with Gasteiger partial charge < -0.3 is 14.4 Å².